The molecular weight excluding hydrogens is 424 g/mol. The van der Waals surface area contributed by atoms with Crippen LogP contribution in [0, 0.1) is 0 Å². The van der Waals surface area contributed by atoms with Crippen molar-refractivity contribution in [3.63, 3.8) is 0 Å². The highest BCUT2D eigenvalue weighted by Gasteiger charge is 2.18. The number of nitrogen functional groups attached to an aromatic ring is 1. The van der Waals surface area contributed by atoms with Crippen LogP contribution in [0.5, 0.6) is 0 Å². The summed E-state index contributed by atoms with van der Waals surface area (Å²) in [6.07, 6.45) is 0. The maximum absolute atomic E-state index is 12.3. The van der Waals surface area contributed by atoms with E-state index in [1.807, 2.05) is 0 Å². The molecule has 0 heterocycles. The Bertz CT molecular complexity index is 1140. The van der Waals surface area contributed by atoms with Crippen molar-refractivity contribution in [3.8, 4) is 0 Å². The molecule has 0 saturated heterocycles. The van der Waals surface area contributed by atoms with Crippen molar-refractivity contribution in [2.45, 2.75) is 16.7 Å². The first-order valence-corrected chi connectivity index (χ1v) is 11.1. The molecule has 12 heteroatoms. The third-order valence-electron chi connectivity index (χ3n) is 3.68. The zero-order valence-electron chi connectivity index (χ0n) is 15.2. The van der Waals surface area contributed by atoms with Crippen molar-refractivity contribution in [1.82, 2.24) is 0 Å². The van der Waals surface area contributed by atoms with Crippen molar-refractivity contribution in [1.29, 1.82) is 0 Å². The van der Waals surface area contributed by atoms with Crippen LogP contribution < -0.4 is 11.1 Å². The lowest BCUT2D eigenvalue weighted by molar-refractivity contribution is -0.140. The summed E-state index contributed by atoms with van der Waals surface area (Å²) < 4.78 is 60.7. The van der Waals surface area contributed by atoms with Crippen LogP contribution in [-0.2, 0) is 29.5 Å². The number of sulfone groups is 1. The summed E-state index contributed by atoms with van der Waals surface area (Å²) in [6.45, 7) is 0.882. The smallest absolute Gasteiger partial charge is 0.302 e. The molecule has 4 N–H and O–H groups in total. The van der Waals surface area contributed by atoms with Crippen LogP contribution >= 0.6 is 0 Å². The molecule has 0 radical (unpaired) electrons. The molecule has 2 rings (SSSR count). The highest BCUT2D eigenvalue weighted by atomic mass is 32.2. The van der Waals surface area contributed by atoms with Crippen LogP contribution in [0.1, 0.15) is 17.3 Å². The molecule has 0 unspecified atom stereocenters. The lowest BCUT2D eigenvalue weighted by Crippen LogP contribution is -2.15. The molecule has 1 amide bonds. The topological polar surface area (TPSA) is 170 Å². The van der Waals surface area contributed by atoms with Crippen LogP contribution in [0.4, 0.5) is 11.4 Å². The van der Waals surface area contributed by atoms with Gasteiger partial charge in [0.05, 0.1) is 16.3 Å². The summed E-state index contributed by atoms with van der Waals surface area (Å²) in [7, 11) is -8.27. The second kappa shape index (κ2) is 8.59. The number of rotatable bonds is 7. The fourth-order valence-corrected chi connectivity index (χ4v) is 4.00. The summed E-state index contributed by atoms with van der Waals surface area (Å²) in [6, 6.07) is 8.54. The van der Waals surface area contributed by atoms with Gasteiger partial charge in [0.15, 0.2) is 9.84 Å². The van der Waals surface area contributed by atoms with Crippen LogP contribution in [0.2, 0.25) is 0 Å². The first-order valence-electron chi connectivity index (χ1n) is 8.05. The van der Waals surface area contributed by atoms with Gasteiger partial charge in [0, 0.05) is 18.2 Å². The minimum Gasteiger partial charge on any atom is -0.465 e. The number of nitrogens with two attached hydrogens (primary N) is 1. The van der Waals surface area contributed by atoms with Gasteiger partial charge in [-0.1, -0.05) is 0 Å². The average Bonchev–Trinajstić information content (AvgIpc) is 2.62. The predicted octanol–water partition coefficient (Wildman–Crippen LogP) is 1.10. The van der Waals surface area contributed by atoms with Gasteiger partial charge in [-0.25, -0.2) is 8.42 Å². The average molecular weight is 442 g/mol. The summed E-state index contributed by atoms with van der Waals surface area (Å²) in [5, 5.41) is 2.43. The molecule has 2 aromatic carbocycles. The molecule has 0 aliphatic carbocycles. The Morgan fingerprint density at radius 2 is 1.69 bits per heavy atom. The van der Waals surface area contributed by atoms with Gasteiger partial charge >= 0.3 is 5.97 Å². The number of amides is 1. The van der Waals surface area contributed by atoms with Crippen molar-refractivity contribution in [2.75, 3.05) is 23.4 Å². The van der Waals surface area contributed by atoms with Gasteiger partial charge in [-0.2, -0.15) is 8.42 Å². The van der Waals surface area contributed by atoms with Gasteiger partial charge in [0.25, 0.3) is 16.0 Å². The third kappa shape index (κ3) is 6.01. The Balaban J connectivity index is 2.14. The van der Waals surface area contributed by atoms with Crippen molar-refractivity contribution >= 4 is 43.2 Å². The molecule has 10 nitrogen and oxygen atoms in total. The molecule has 2 aromatic rings. The van der Waals surface area contributed by atoms with E-state index in [4.69, 9.17) is 10.3 Å². The fourth-order valence-electron chi connectivity index (χ4n) is 2.27. The molecular formula is C17H18N2O8S2. The number of hydrogen-bond donors (Lipinski definition) is 3. The summed E-state index contributed by atoms with van der Waals surface area (Å²) >= 11 is 0. The van der Waals surface area contributed by atoms with Crippen LogP contribution in [0.15, 0.2) is 52.3 Å². The Labute approximate surface area is 167 Å². The maximum Gasteiger partial charge on any atom is 0.302 e. The van der Waals surface area contributed by atoms with E-state index in [0.29, 0.717) is 0 Å². The second-order valence-electron chi connectivity index (χ2n) is 5.87. The van der Waals surface area contributed by atoms with E-state index >= 15 is 0 Å². The van der Waals surface area contributed by atoms with Crippen LogP contribution in [0.25, 0.3) is 0 Å². The molecule has 0 atom stereocenters. The molecule has 0 saturated carbocycles. The molecule has 29 heavy (non-hydrogen) atoms. The van der Waals surface area contributed by atoms with Gasteiger partial charge in [-0.3, -0.25) is 14.1 Å². The zero-order chi connectivity index (χ0) is 21.8. The Kier molecular flexibility index (Phi) is 6.62. The minimum atomic E-state index is -4.57. The van der Waals surface area contributed by atoms with Crippen molar-refractivity contribution in [3.05, 3.63) is 48.0 Å². The van der Waals surface area contributed by atoms with Gasteiger partial charge in [-0.05, 0) is 42.5 Å². The number of benzene rings is 2. The van der Waals surface area contributed by atoms with E-state index in [2.05, 4.69) is 10.1 Å². The lowest BCUT2D eigenvalue weighted by Gasteiger charge is -2.09. The third-order valence-corrected chi connectivity index (χ3v) is 6.29. The van der Waals surface area contributed by atoms with Crippen LogP contribution in [0.3, 0.4) is 0 Å². The van der Waals surface area contributed by atoms with E-state index in [0.717, 1.165) is 6.07 Å². The molecule has 0 aromatic heterocycles. The number of nitrogens with one attached hydrogen (secondary N) is 1. The van der Waals surface area contributed by atoms with Gasteiger partial charge in [0.1, 0.15) is 11.5 Å². The van der Waals surface area contributed by atoms with Gasteiger partial charge in [0.2, 0.25) is 0 Å². The number of esters is 1. The largest absolute Gasteiger partial charge is 0.465 e. The SMILES string of the molecule is CC(=O)OCCS(=O)(=O)c1ccc(C(=O)Nc2ccc(N)c(S(=O)(=O)O)c2)cc1. The maximum atomic E-state index is 12.3. The lowest BCUT2D eigenvalue weighted by atomic mass is 10.2. The van der Waals surface area contributed by atoms with E-state index in [9.17, 15) is 26.4 Å². The predicted molar refractivity (Wildman–Crippen MR) is 104 cm³/mol. The number of hydrogen-bond acceptors (Lipinski definition) is 8. The molecule has 0 spiro atoms. The highest BCUT2D eigenvalue weighted by Crippen LogP contribution is 2.23. The standard InChI is InChI=1S/C17H18N2O8S2/c1-11(20)27-8-9-28(22,23)14-5-2-12(3-6-14)17(21)19-13-4-7-15(18)16(10-13)29(24,25)26/h2-7,10H,8-9,18H2,1H3,(H,19,21)(H,24,25,26). The molecule has 0 fully saturated rings. The number of ether oxygens (including phenoxy) is 1. The van der Waals surface area contributed by atoms with Gasteiger partial charge in [-0.15, -0.1) is 0 Å². The van der Waals surface area contributed by atoms with Crippen LogP contribution in [-0.4, -0.2) is 45.6 Å². The minimum absolute atomic E-state index is 0.0534. The molecule has 156 valence electrons. The van der Waals surface area contributed by atoms with E-state index in [-0.39, 0.29) is 28.4 Å². The zero-order valence-corrected chi connectivity index (χ0v) is 16.8. The highest BCUT2D eigenvalue weighted by molar-refractivity contribution is 7.91. The Hall–Kier alpha value is -2.96. The monoisotopic (exact) mass is 442 g/mol. The van der Waals surface area contributed by atoms with E-state index in [1.165, 1.54) is 43.3 Å². The quantitative estimate of drug-likeness (QED) is 0.323. The number of carbonyl (C=O) groups excluding carboxylic acids is 2. The summed E-state index contributed by atoms with van der Waals surface area (Å²) in [5.41, 5.74) is 5.47. The second-order valence-corrected chi connectivity index (χ2v) is 9.36. The molecule has 0 aliphatic heterocycles. The van der Waals surface area contributed by atoms with E-state index < -0.39 is 42.5 Å². The molecule has 0 aliphatic rings. The van der Waals surface area contributed by atoms with Crippen molar-refractivity contribution in [2.24, 2.45) is 0 Å². The first-order chi connectivity index (χ1) is 13.4. The normalized spacial score (nSPS) is 11.7. The fraction of sp³-hybridized carbons (Fsp3) is 0.176. The number of anilines is 2. The summed E-state index contributed by atoms with van der Waals surface area (Å²) in [4.78, 5) is 22.4. The Morgan fingerprint density at radius 3 is 2.24 bits per heavy atom. The Morgan fingerprint density at radius 1 is 1.07 bits per heavy atom. The van der Waals surface area contributed by atoms with Crippen molar-refractivity contribution < 1.29 is 35.7 Å². The number of carbonyl (C=O) groups is 2. The van der Waals surface area contributed by atoms with Gasteiger partial charge < -0.3 is 15.8 Å². The first kappa shape index (κ1) is 22.3. The molecule has 0 bridgehead atoms. The van der Waals surface area contributed by atoms with E-state index in [1.54, 1.807) is 0 Å². The summed E-state index contributed by atoms with van der Waals surface area (Å²) in [5.74, 6) is -1.63.